The first-order chi connectivity index (χ1) is 9.95. The van der Waals surface area contributed by atoms with Crippen LogP contribution >= 0.6 is 0 Å². The molecule has 2 aromatic carbocycles. The van der Waals surface area contributed by atoms with E-state index in [1.165, 1.54) is 0 Å². The number of anilines is 1. The summed E-state index contributed by atoms with van der Waals surface area (Å²) in [6.45, 7) is 1.92. The Morgan fingerprint density at radius 2 is 1.81 bits per heavy atom. The van der Waals surface area contributed by atoms with E-state index in [1.807, 2.05) is 19.2 Å². The molecule has 3 rings (SSSR count). The first-order valence-corrected chi connectivity index (χ1v) is 7.96. The molecule has 0 aliphatic heterocycles. The Morgan fingerprint density at radius 1 is 1.10 bits per heavy atom. The molecule has 1 aromatic heterocycles. The lowest BCUT2D eigenvalue weighted by atomic mass is 10.2. The van der Waals surface area contributed by atoms with Gasteiger partial charge in [-0.05, 0) is 25.1 Å². The van der Waals surface area contributed by atoms with Crippen molar-refractivity contribution in [1.29, 1.82) is 0 Å². The van der Waals surface area contributed by atoms with Gasteiger partial charge in [-0.3, -0.25) is 9.40 Å². The number of nitrogens with zero attached hydrogens (tertiary/aromatic N) is 2. The van der Waals surface area contributed by atoms with Crippen LogP contribution in [0.1, 0.15) is 5.56 Å². The van der Waals surface area contributed by atoms with Gasteiger partial charge in [-0.1, -0.05) is 29.8 Å². The Labute approximate surface area is 123 Å². The highest BCUT2D eigenvalue weighted by atomic mass is 32.2. The summed E-state index contributed by atoms with van der Waals surface area (Å²) in [6.07, 6.45) is 1.85. The monoisotopic (exact) mass is 301 g/mol. The largest absolute Gasteiger partial charge is 0.277 e. The molecule has 0 saturated carbocycles. The SMILES string of the molecule is Cc1ccc(S(=O)(=O)Nc2cccc3cn(C)nc23)cc1. The summed E-state index contributed by atoms with van der Waals surface area (Å²) in [7, 11) is -1.81. The maximum atomic E-state index is 12.4. The Bertz CT molecular complexity index is 896. The lowest BCUT2D eigenvalue weighted by Crippen LogP contribution is -2.13. The van der Waals surface area contributed by atoms with Crippen molar-refractivity contribution in [3.8, 4) is 0 Å². The lowest BCUT2D eigenvalue weighted by molar-refractivity contribution is 0.601. The number of rotatable bonds is 3. The van der Waals surface area contributed by atoms with E-state index in [2.05, 4.69) is 9.82 Å². The van der Waals surface area contributed by atoms with E-state index in [0.29, 0.717) is 11.2 Å². The molecule has 5 nitrogen and oxygen atoms in total. The van der Waals surface area contributed by atoms with Gasteiger partial charge in [0, 0.05) is 18.6 Å². The minimum atomic E-state index is -3.61. The van der Waals surface area contributed by atoms with Crippen LogP contribution in [0, 0.1) is 6.92 Å². The molecule has 0 saturated heterocycles. The number of fused-ring (bicyclic) bond motifs is 1. The molecule has 0 aliphatic rings. The van der Waals surface area contributed by atoms with Crippen LogP contribution in [0.5, 0.6) is 0 Å². The van der Waals surface area contributed by atoms with E-state index in [4.69, 9.17) is 0 Å². The summed E-state index contributed by atoms with van der Waals surface area (Å²) in [6, 6.07) is 12.1. The predicted molar refractivity (Wildman–Crippen MR) is 82.7 cm³/mol. The topological polar surface area (TPSA) is 64.0 Å². The van der Waals surface area contributed by atoms with Crippen molar-refractivity contribution in [1.82, 2.24) is 9.78 Å². The number of nitrogens with one attached hydrogen (secondary N) is 1. The van der Waals surface area contributed by atoms with Gasteiger partial charge in [0.05, 0.1) is 10.6 Å². The van der Waals surface area contributed by atoms with Crippen molar-refractivity contribution in [3.05, 3.63) is 54.2 Å². The van der Waals surface area contributed by atoms with Crippen LogP contribution in [-0.2, 0) is 17.1 Å². The minimum absolute atomic E-state index is 0.237. The molecule has 1 heterocycles. The quantitative estimate of drug-likeness (QED) is 0.809. The van der Waals surface area contributed by atoms with Crippen LogP contribution in [-0.4, -0.2) is 18.2 Å². The van der Waals surface area contributed by atoms with Crippen LogP contribution < -0.4 is 4.72 Å². The van der Waals surface area contributed by atoms with Gasteiger partial charge < -0.3 is 0 Å². The Kier molecular flexibility index (Phi) is 3.17. The Hall–Kier alpha value is -2.34. The minimum Gasteiger partial charge on any atom is -0.277 e. The molecular weight excluding hydrogens is 286 g/mol. The third-order valence-corrected chi connectivity index (χ3v) is 4.61. The average Bonchev–Trinajstić information content (AvgIpc) is 2.80. The zero-order chi connectivity index (χ0) is 15.0. The lowest BCUT2D eigenvalue weighted by Gasteiger charge is -2.08. The molecule has 0 amide bonds. The molecule has 0 radical (unpaired) electrons. The number of aryl methyl sites for hydroxylation is 2. The van der Waals surface area contributed by atoms with Crippen molar-refractivity contribution >= 4 is 26.6 Å². The van der Waals surface area contributed by atoms with Crippen molar-refractivity contribution in [2.75, 3.05) is 4.72 Å². The maximum Gasteiger partial charge on any atom is 0.261 e. The van der Waals surface area contributed by atoms with E-state index in [9.17, 15) is 8.42 Å². The highest BCUT2D eigenvalue weighted by Gasteiger charge is 2.16. The zero-order valence-corrected chi connectivity index (χ0v) is 12.6. The highest BCUT2D eigenvalue weighted by Crippen LogP contribution is 2.24. The molecule has 108 valence electrons. The second-order valence-electron chi connectivity index (χ2n) is 4.96. The van der Waals surface area contributed by atoms with Gasteiger partial charge in [-0.2, -0.15) is 5.10 Å². The fourth-order valence-electron chi connectivity index (χ4n) is 2.17. The second kappa shape index (κ2) is 4.89. The van der Waals surface area contributed by atoms with Gasteiger partial charge >= 0.3 is 0 Å². The summed E-state index contributed by atoms with van der Waals surface area (Å²) in [5.74, 6) is 0. The van der Waals surface area contributed by atoms with Gasteiger partial charge in [0.2, 0.25) is 0 Å². The standard InChI is InChI=1S/C15H15N3O2S/c1-11-6-8-13(9-7-11)21(19,20)17-14-5-3-4-12-10-18(2)16-15(12)14/h3-10,17H,1-2H3. The van der Waals surface area contributed by atoms with Crippen LogP contribution in [0.4, 0.5) is 5.69 Å². The van der Waals surface area contributed by atoms with E-state index >= 15 is 0 Å². The first kappa shape index (κ1) is 13.6. The van der Waals surface area contributed by atoms with Crippen LogP contribution in [0.15, 0.2) is 53.6 Å². The number of sulfonamides is 1. The number of hydrogen-bond acceptors (Lipinski definition) is 3. The molecular formula is C15H15N3O2S. The number of benzene rings is 2. The molecule has 21 heavy (non-hydrogen) atoms. The normalized spacial score (nSPS) is 11.7. The fraction of sp³-hybridized carbons (Fsp3) is 0.133. The second-order valence-corrected chi connectivity index (χ2v) is 6.65. The van der Waals surface area contributed by atoms with E-state index in [-0.39, 0.29) is 4.90 Å². The third-order valence-electron chi connectivity index (χ3n) is 3.23. The average molecular weight is 301 g/mol. The van der Waals surface area contributed by atoms with Gasteiger partial charge in [-0.25, -0.2) is 8.42 Å². The number of aromatic nitrogens is 2. The van der Waals surface area contributed by atoms with E-state index in [0.717, 1.165) is 10.9 Å². The molecule has 0 atom stereocenters. The van der Waals surface area contributed by atoms with Crippen molar-refractivity contribution < 1.29 is 8.42 Å². The Balaban J connectivity index is 2.03. The van der Waals surface area contributed by atoms with Crippen LogP contribution in [0.25, 0.3) is 10.9 Å². The molecule has 0 spiro atoms. The summed E-state index contributed by atoms with van der Waals surface area (Å²) in [4.78, 5) is 0.237. The molecule has 0 bridgehead atoms. The van der Waals surface area contributed by atoms with Crippen molar-refractivity contribution in [2.45, 2.75) is 11.8 Å². The molecule has 0 fully saturated rings. The fourth-order valence-corrected chi connectivity index (χ4v) is 3.23. The van der Waals surface area contributed by atoms with Crippen molar-refractivity contribution in [3.63, 3.8) is 0 Å². The van der Waals surface area contributed by atoms with Crippen LogP contribution in [0.2, 0.25) is 0 Å². The molecule has 3 aromatic rings. The van der Waals surface area contributed by atoms with Gasteiger partial charge in [0.1, 0.15) is 5.52 Å². The molecule has 1 N–H and O–H groups in total. The summed E-state index contributed by atoms with van der Waals surface area (Å²) >= 11 is 0. The number of hydrogen-bond donors (Lipinski definition) is 1. The van der Waals surface area contributed by atoms with Crippen molar-refractivity contribution in [2.24, 2.45) is 7.05 Å². The van der Waals surface area contributed by atoms with E-state index in [1.54, 1.807) is 48.1 Å². The van der Waals surface area contributed by atoms with Crippen LogP contribution in [0.3, 0.4) is 0 Å². The third kappa shape index (κ3) is 2.62. The summed E-state index contributed by atoms with van der Waals surface area (Å²) in [5, 5.41) is 5.19. The molecule has 0 unspecified atom stereocenters. The van der Waals surface area contributed by atoms with Gasteiger partial charge in [0.15, 0.2) is 0 Å². The van der Waals surface area contributed by atoms with E-state index < -0.39 is 10.0 Å². The Morgan fingerprint density at radius 3 is 2.52 bits per heavy atom. The summed E-state index contributed by atoms with van der Waals surface area (Å²) < 4.78 is 29.1. The van der Waals surface area contributed by atoms with Gasteiger partial charge in [-0.15, -0.1) is 0 Å². The summed E-state index contributed by atoms with van der Waals surface area (Å²) in [5.41, 5.74) is 2.13. The maximum absolute atomic E-state index is 12.4. The molecule has 6 heteroatoms. The zero-order valence-electron chi connectivity index (χ0n) is 11.7. The van der Waals surface area contributed by atoms with Gasteiger partial charge in [0.25, 0.3) is 10.0 Å². The smallest absolute Gasteiger partial charge is 0.261 e. The highest BCUT2D eigenvalue weighted by molar-refractivity contribution is 7.92. The first-order valence-electron chi connectivity index (χ1n) is 6.47. The predicted octanol–water partition coefficient (Wildman–Crippen LogP) is 2.68. The molecule has 0 aliphatic carbocycles.